The number of benzene rings is 2. The summed E-state index contributed by atoms with van der Waals surface area (Å²) in [6, 6.07) is 11.1. The van der Waals surface area contributed by atoms with E-state index in [1.807, 2.05) is 0 Å². The fraction of sp³-hybridized carbons (Fsp3) is 0.278. The molecule has 1 fully saturated rings. The van der Waals surface area contributed by atoms with Gasteiger partial charge in [0.15, 0.2) is 0 Å². The van der Waals surface area contributed by atoms with E-state index in [2.05, 4.69) is 4.72 Å². The number of carbonyl (C=O) groups is 1. The van der Waals surface area contributed by atoms with E-state index in [0.717, 1.165) is 25.3 Å². The van der Waals surface area contributed by atoms with Crippen molar-refractivity contribution in [1.82, 2.24) is 4.90 Å². The molecule has 0 unspecified atom stereocenters. The summed E-state index contributed by atoms with van der Waals surface area (Å²) in [5.41, 5.74) is 0.0866. The third kappa shape index (κ3) is 4.25. The van der Waals surface area contributed by atoms with E-state index in [0.29, 0.717) is 13.1 Å². The van der Waals surface area contributed by atoms with E-state index >= 15 is 0 Å². The van der Waals surface area contributed by atoms with Gasteiger partial charge >= 0.3 is 0 Å². The molecular formula is C18H19N3O5S. The van der Waals surface area contributed by atoms with E-state index in [1.54, 1.807) is 23.1 Å². The van der Waals surface area contributed by atoms with Crippen molar-refractivity contribution in [1.29, 1.82) is 0 Å². The van der Waals surface area contributed by atoms with Gasteiger partial charge in [-0.05, 0) is 37.5 Å². The van der Waals surface area contributed by atoms with Gasteiger partial charge < -0.3 is 4.90 Å². The minimum atomic E-state index is -4.08. The largest absolute Gasteiger partial charge is 0.339 e. The summed E-state index contributed by atoms with van der Waals surface area (Å²) in [5, 5.41) is 10.9. The van der Waals surface area contributed by atoms with Crippen LogP contribution in [0.2, 0.25) is 0 Å². The lowest BCUT2D eigenvalue weighted by Crippen LogP contribution is -2.36. The van der Waals surface area contributed by atoms with Crippen LogP contribution in [-0.4, -0.2) is 37.2 Å². The monoisotopic (exact) mass is 389 g/mol. The number of nitro groups is 1. The van der Waals surface area contributed by atoms with Gasteiger partial charge in [-0.2, -0.15) is 0 Å². The number of likely N-dealkylation sites (tertiary alicyclic amines) is 1. The molecule has 27 heavy (non-hydrogen) atoms. The zero-order valence-electron chi connectivity index (χ0n) is 14.5. The maximum absolute atomic E-state index is 12.8. The molecule has 3 rings (SSSR count). The molecule has 0 atom stereocenters. The van der Waals surface area contributed by atoms with Crippen LogP contribution in [0.1, 0.15) is 29.6 Å². The lowest BCUT2D eigenvalue weighted by Gasteiger charge is -2.27. The highest BCUT2D eigenvalue weighted by atomic mass is 32.2. The number of carbonyl (C=O) groups excluding carboxylic acids is 1. The highest BCUT2D eigenvalue weighted by molar-refractivity contribution is 7.92. The zero-order valence-corrected chi connectivity index (χ0v) is 15.3. The van der Waals surface area contributed by atoms with Gasteiger partial charge in [-0.3, -0.25) is 19.6 Å². The van der Waals surface area contributed by atoms with Crippen LogP contribution in [-0.2, 0) is 10.0 Å². The molecule has 0 aromatic heterocycles. The molecular weight excluding hydrogens is 370 g/mol. The van der Waals surface area contributed by atoms with Crippen LogP contribution in [0.5, 0.6) is 0 Å². The number of amides is 1. The average Bonchev–Trinajstić information content (AvgIpc) is 2.68. The van der Waals surface area contributed by atoms with Gasteiger partial charge in [0.05, 0.1) is 21.1 Å². The summed E-state index contributed by atoms with van der Waals surface area (Å²) in [5.74, 6) is -0.230. The molecule has 0 aliphatic carbocycles. The topological polar surface area (TPSA) is 110 Å². The van der Waals surface area contributed by atoms with E-state index in [9.17, 15) is 23.3 Å². The SMILES string of the molecule is O=C(c1ccccc1NS(=O)(=O)c1cccc([N+](=O)[O-])c1)N1CCCCC1. The Morgan fingerprint density at radius 1 is 1.04 bits per heavy atom. The van der Waals surface area contributed by atoms with Crippen LogP contribution in [0.15, 0.2) is 53.4 Å². The first-order valence-corrected chi connectivity index (χ1v) is 10.0. The van der Waals surface area contributed by atoms with Crippen molar-refractivity contribution >= 4 is 27.3 Å². The molecule has 1 heterocycles. The highest BCUT2D eigenvalue weighted by Gasteiger charge is 2.24. The molecule has 1 aliphatic heterocycles. The van der Waals surface area contributed by atoms with Crippen molar-refractivity contribution in [3.05, 3.63) is 64.2 Å². The molecule has 0 saturated carbocycles. The normalized spacial score (nSPS) is 14.6. The van der Waals surface area contributed by atoms with Gasteiger partial charge in [-0.1, -0.05) is 18.2 Å². The Morgan fingerprint density at radius 3 is 2.44 bits per heavy atom. The molecule has 1 saturated heterocycles. The van der Waals surface area contributed by atoms with Crippen molar-refractivity contribution in [2.45, 2.75) is 24.2 Å². The molecule has 1 aliphatic rings. The maximum atomic E-state index is 12.8. The number of nitro benzene ring substituents is 1. The first-order valence-electron chi connectivity index (χ1n) is 8.54. The Labute approximate surface area is 157 Å². The van der Waals surface area contributed by atoms with E-state index in [4.69, 9.17) is 0 Å². The Bertz CT molecular complexity index is 968. The van der Waals surface area contributed by atoms with Gasteiger partial charge in [-0.15, -0.1) is 0 Å². The fourth-order valence-electron chi connectivity index (χ4n) is 2.99. The second-order valence-corrected chi connectivity index (χ2v) is 7.94. The van der Waals surface area contributed by atoms with Crippen LogP contribution in [0.25, 0.3) is 0 Å². The fourth-order valence-corrected chi connectivity index (χ4v) is 4.11. The summed E-state index contributed by atoms with van der Waals surface area (Å²) in [6.07, 6.45) is 2.92. The third-order valence-electron chi connectivity index (χ3n) is 4.38. The van der Waals surface area contributed by atoms with E-state index in [1.165, 1.54) is 24.3 Å². The van der Waals surface area contributed by atoms with Crippen molar-refractivity contribution in [3.63, 3.8) is 0 Å². The van der Waals surface area contributed by atoms with Crippen LogP contribution in [0, 0.1) is 10.1 Å². The lowest BCUT2D eigenvalue weighted by atomic mass is 10.1. The third-order valence-corrected chi connectivity index (χ3v) is 5.75. The van der Waals surface area contributed by atoms with Crippen LogP contribution < -0.4 is 4.72 Å². The Balaban J connectivity index is 1.90. The van der Waals surface area contributed by atoms with Gasteiger partial charge in [0.2, 0.25) is 0 Å². The molecule has 0 radical (unpaired) electrons. The molecule has 2 aromatic rings. The van der Waals surface area contributed by atoms with Crippen LogP contribution >= 0.6 is 0 Å². The predicted molar refractivity (Wildman–Crippen MR) is 100 cm³/mol. The predicted octanol–water partition coefficient (Wildman–Crippen LogP) is 3.02. The highest BCUT2D eigenvalue weighted by Crippen LogP contribution is 2.24. The summed E-state index contributed by atoms with van der Waals surface area (Å²) in [7, 11) is -4.08. The number of hydrogen-bond donors (Lipinski definition) is 1. The number of nitrogens with one attached hydrogen (secondary N) is 1. The average molecular weight is 389 g/mol. The van der Waals surface area contributed by atoms with Gasteiger partial charge in [0.1, 0.15) is 0 Å². The van der Waals surface area contributed by atoms with Crippen molar-refractivity contribution in [3.8, 4) is 0 Å². The number of rotatable bonds is 5. The number of piperidine rings is 1. The molecule has 1 amide bonds. The number of sulfonamides is 1. The van der Waals surface area contributed by atoms with Crippen molar-refractivity contribution in [2.75, 3.05) is 17.8 Å². The Morgan fingerprint density at radius 2 is 1.74 bits per heavy atom. The first kappa shape index (κ1) is 18.8. The van der Waals surface area contributed by atoms with Gasteiger partial charge in [-0.25, -0.2) is 8.42 Å². The summed E-state index contributed by atoms with van der Waals surface area (Å²) < 4.78 is 27.7. The minimum Gasteiger partial charge on any atom is -0.339 e. The van der Waals surface area contributed by atoms with Crippen molar-refractivity contribution in [2.24, 2.45) is 0 Å². The molecule has 2 aromatic carbocycles. The van der Waals surface area contributed by atoms with E-state index < -0.39 is 14.9 Å². The smallest absolute Gasteiger partial charge is 0.270 e. The quantitative estimate of drug-likeness (QED) is 0.624. The first-order chi connectivity index (χ1) is 12.9. The summed E-state index contributed by atoms with van der Waals surface area (Å²) >= 11 is 0. The number of para-hydroxylation sites is 1. The molecule has 8 nitrogen and oxygen atoms in total. The van der Waals surface area contributed by atoms with Gasteiger partial charge in [0, 0.05) is 25.2 Å². The summed E-state index contributed by atoms with van der Waals surface area (Å²) in [6.45, 7) is 1.29. The zero-order chi connectivity index (χ0) is 19.4. The molecule has 9 heteroatoms. The van der Waals surface area contributed by atoms with Gasteiger partial charge in [0.25, 0.3) is 21.6 Å². The number of hydrogen-bond acceptors (Lipinski definition) is 5. The minimum absolute atomic E-state index is 0.152. The van der Waals surface area contributed by atoms with Crippen LogP contribution in [0.4, 0.5) is 11.4 Å². The summed E-state index contributed by atoms with van der Waals surface area (Å²) in [4.78, 5) is 24.5. The molecule has 0 spiro atoms. The number of nitrogens with zero attached hydrogens (tertiary/aromatic N) is 2. The lowest BCUT2D eigenvalue weighted by molar-refractivity contribution is -0.385. The molecule has 1 N–H and O–H groups in total. The second-order valence-electron chi connectivity index (χ2n) is 6.26. The van der Waals surface area contributed by atoms with Crippen LogP contribution in [0.3, 0.4) is 0 Å². The Hall–Kier alpha value is -2.94. The number of anilines is 1. The standard InChI is InChI=1S/C18H19N3O5S/c22-18(20-11-4-1-5-12-20)16-9-2-3-10-17(16)19-27(25,26)15-8-6-7-14(13-15)21(23)24/h2-3,6-10,13,19H,1,4-5,11-12H2. The van der Waals surface area contributed by atoms with Crippen molar-refractivity contribution < 1.29 is 18.1 Å². The molecule has 142 valence electrons. The Kier molecular flexibility index (Phi) is 5.41. The second kappa shape index (κ2) is 7.75. The molecule has 0 bridgehead atoms. The van der Waals surface area contributed by atoms with E-state index in [-0.39, 0.29) is 27.7 Å². The maximum Gasteiger partial charge on any atom is 0.270 e. The number of non-ortho nitro benzene ring substituents is 1.